The summed E-state index contributed by atoms with van der Waals surface area (Å²) in [5.74, 6) is -2.75. The van der Waals surface area contributed by atoms with E-state index in [2.05, 4.69) is 4.90 Å². The van der Waals surface area contributed by atoms with E-state index in [-0.39, 0.29) is 17.8 Å². The first-order chi connectivity index (χ1) is 15.1. The van der Waals surface area contributed by atoms with E-state index in [1.807, 2.05) is 17.0 Å². The van der Waals surface area contributed by atoms with Crippen LogP contribution < -0.4 is 0 Å². The van der Waals surface area contributed by atoms with Gasteiger partial charge in [-0.2, -0.15) is 13.2 Å². The molecule has 0 saturated carbocycles. The second kappa shape index (κ2) is 10.1. The van der Waals surface area contributed by atoms with E-state index in [1.165, 1.54) is 12.1 Å². The Hall–Kier alpha value is -2.24. The first-order valence-corrected chi connectivity index (χ1v) is 10.4. The molecule has 0 aliphatic carbocycles. The van der Waals surface area contributed by atoms with Crippen LogP contribution in [-0.2, 0) is 25.6 Å². The Balaban J connectivity index is 0.000000360. The van der Waals surface area contributed by atoms with Crippen LogP contribution in [0.15, 0.2) is 24.3 Å². The number of piperidine rings is 1. The smallest absolute Gasteiger partial charge is 0.475 e. The molecule has 11 heteroatoms. The Labute approximate surface area is 182 Å². The molecule has 1 amide bonds. The number of carboxylic acid groups (broad SMARTS) is 1. The van der Waals surface area contributed by atoms with E-state index < -0.39 is 17.6 Å². The fourth-order valence-electron chi connectivity index (χ4n) is 4.40. The lowest BCUT2D eigenvalue weighted by Gasteiger charge is -2.45. The minimum Gasteiger partial charge on any atom is -0.475 e. The van der Waals surface area contributed by atoms with Gasteiger partial charge in [-0.05, 0) is 30.5 Å². The lowest BCUT2D eigenvalue weighted by Crippen LogP contribution is -2.59. The molecule has 3 saturated heterocycles. The van der Waals surface area contributed by atoms with Crippen LogP contribution in [-0.4, -0.2) is 85.1 Å². The standard InChI is InChI=1S/C19H25FN2O3.C2HF3O2/c20-16-3-1-15(2-4-16)13-21-7-5-17-19(14-21,6-10-25-17)18(23)22-8-11-24-12-9-22;3-2(4,5)1(6)7/h1-4,17H,5-14H2;(H,6,7)/t17-,19-;/m1./s1. The minimum atomic E-state index is -5.08. The van der Waals surface area contributed by atoms with E-state index in [9.17, 15) is 22.4 Å². The maximum Gasteiger partial charge on any atom is 0.490 e. The molecule has 0 spiro atoms. The van der Waals surface area contributed by atoms with Gasteiger partial charge in [0, 0.05) is 39.3 Å². The highest BCUT2D eigenvalue weighted by Crippen LogP contribution is 2.43. The molecule has 0 radical (unpaired) electrons. The van der Waals surface area contributed by atoms with Crippen LogP contribution in [0.4, 0.5) is 17.6 Å². The van der Waals surface area contributed by atoms with Crippen molar-refractivity contribution in [2.45, 2.75) is 31.7 Å². The summed E-state index contributed by atoms with van der Waals surface area (Å²) in [6.07, 6.45) is -3.40. The number of benzene rings is 1. The van der Waals surface area contributed by atoms with E-state index in [0.717, 1.165) is 31.5 Å². The zero-order chi connectivity index (χ0) is 23.4. The molecular formula is C21H26F4N2O5. The molecule has 1 aromatic carbocycles. The van der Waals surface area contributed by atoms with Gasteiger partial charge in [0.25, 0.3) is 0 Å². The number of aliphatic carboxylic acids is 1. The third-order valence-electron chi connectivity index (χ3n) is 5.98. The normalized spacial score (nSPS) is 26.1. The Bertz CT molecular complexity index is 798. The summed E-state index contributed by atoms with van der Waals surface area (Å²) in [6.45, 7) is 5.59. The summed E-state index contributed by atoms with van der Waals surface area (Å²) in [5, 5.41) is 7.12. The maximum atomic E-state index is 13.3. The Morgan fingerprint density at radius 3 is 2.31 bits per heavy atom. The summed E-state index contributed by atoms with van der Waals surface area (Å²) in [4.78, 5) is 26.5. The molecule has 32 heavy (non-hydrogen) atoms. The zero-order valence-electron chi connectivity index (χ0n) is 17.4. The van der Waals surface area contributed by atoms with Crippen LogP contribution in [0.1, 0.15) is 18.4 Å². The van der Waals surface area contributed by atoms with Crippen LogP contribution in [0.2, 0.25) is 0 Å². The molecule has 7 nitrogen and oxygen atoms in total. The number of nitrogens with zero attached hydrogens (tertiary/aromatic N) is 2. The van der Waals surface area contributed by atoms with E-state index in [1.54, 1.807) is 0 Å². The molecule has 0 bridgehead atoms. The van der Waals surface area contributed by atoms with Gasteiger partial charge in [0.15, 0.2) is 0 Å². The molecule has 3 aliphatic rings. The second-order valence-corrected chi connectivity index (χ2v) is 8.10. The quantitative estimate of drug-likeness (QED) is 0.695. The topological polar surface area (TPSA) is 79.3 Å². The first kappa shape index (κ1) is 24.4. The van der Waals surface area contributed by atoms with Crippen molar-refractivity contribution in [3.05, 3.63) is 35.6 Å². The molecule has 2 atom stereocenters. The highest BCUT2D eigenvalue weighted by molar-refractivity contribution is 5.84. The number of carbonyl (C=O) groups excluding carboxylic acids is 1. The molecular weight excluding hydrogens is 436 g/mol. The number of carboxylic acids is 1. The van der Waals surface area contributed by atoms with E-state index in [4.69, 9.17) is 19.4 Å². The van der Waals surface area contributed by atoms with Crippen LogP contribution in [0.5, 0.6) is 0 Å². The molecule has 0 aromatic heterocycles. The highest BCUT2D eigenvalue weighted by atomic mass is 19.4. The van der Waals surface area contributed by atoms with E-state index in [0.29, 0.717) is 39.5 Å². The number of morpholine rings is 1. The third-order valence-corrected chi connectivity index (χ3v) is 5.98. The van der Waals surface area contributed by atoms with Crippen LogP contribution in [0, 0.1) is 11.2 Å². The molecule has 4 rings (SSSR count). The second-order valence-electron chi connectivity index (χ2n) is 8.10. The van der Waals surface area contributed by atoms with Gasteiger partial charge in [-0.15, -0.1) is 0 Å². The molecule has 1 N–H and O–H groups in total. The fourth-order valence-corrected chi connectivity index (χ4v) is 4.40. The van der Waals surface area contributed by atoms with Gasteiger partial charge in [-0.25, -0.2) is 9.18 Å². The summed E-state index contributed by atoms with van der Waals surface area (Å²) in [7, 11) is 0. The van der Waals surface area contributed by atoms with Gasteiger partial charge in [-0.3, -0.25) is 9.69 Å². The number of carbonyl (C=O) groups is 2. The van der Waals surface area contributed by atoms with Crippen molar-refractivity contribution in [2.75, 3.05) is 46.0 Å². The number of rotatable bonds is 3. The molecule has 3 aliphatic heterocycles. The van der Waals surface area contributed by atoms with Crippen molar-refractivity contribution < 1.29 is 41.7 Å². The number of amides is 1. The molecule has 3 fully saturated rings. The monoisotopic (exact) mass is 462 g/mol. The molecule has 3 heterocycles. The van der Waals surface area contributed by atoms with E-state index >= 15 is 0 Å². The van der Waals surface area contributed by atoms with Gasteiger partial charge < -0.3 is 19.5 Å². The van der Waals surface area contributed by atoms with Crippen molar-refractivity contribution in [3.63, 3.8) is 0 Å². The Morgan fingerprint density at radius 2 is 1.72 bits per heavy atom. The number of halogens is 4. The van der Waals surface area contributed by atoms with Crippen molar-refractivity contribution in [3.8, 4) is 0 Å². The number of alkyl halides is 3. The number of hydrogen-bond acceptors (Lipinski definition) is 5. The average molecular weight is 462 g/mol. The predicted octanol–water partition coefficient (Wildman–Crippen LogP) is 2.30. The SMILES string of the molecule is O=C(N1CCOCC1)[C@@]12CCO[C@@H]1CCN(Cc1ccc(F)cc1)C2.O=C(O)C(F)(F)F. The largest absolute Gasteiger partial charge is 0.490 e. The Kier molecular flexibility index (Phi) is 7.73. The van der Waals surface area contributed by atoms with Gasteiger partial charge in [-0.1, -0.05) is 12.1 Å². The third kappa shape index (κ3) is 5.76. The van der Waals surface area contributed by atoms with Crippen molar-refractivity contribution in [1.82, 2.24) is 9.80 Å². The summed E-state index contributed by atoms with van der Waals surface area (Å²) in [5.41, 5.74) is 0.642. The van der Waals surface area contributed by atoms with Gasteiger partial charge in [0.05, 0.1) is 24.7 Å². The fraction of sp³-hybridized carbons (Fsp3) is 0.619. The summed E-state index contributed by atoms with van der Waals surface area (Å²) < 4.78 is 56.2. The Morgan fingerprint density at radius 1 is 1.09 bits per heavy atom. The minimum absolute atomic E-state index is 0.0207. The van der Waals surface area contributed by atoms with Gasteiger partial charge in [0.1, 0.15) is 5.82 Å². The van der Waals surface area contributed by atoms with Crippen LogP contribution in [0.3, 0.4) is 0 Å². The molecule has 178 valence electrons. The number of hydrogen-bond donors (Lipinski definition) is 1. The van der Waals surface area contributed by atoms with Crippen molar-refractivity contribution in [1.29, 1.82) is 0 Å². The first-order valence-electron chi connectivity index (χ1n) is 10.4. The van der Waals surface area contributed by atoms with Crippen molar-refractivity contribution in [2.24, 2.45) is 5.41 Å². The average Bonchev–Trinajstić information content (AvgIpc) is 3.19. The highest BCUT2D eigenvalue weighted by Gasteiger charge is 2.54. The summed E-state index contributed by atoms with van der Waals surface area (Å²) >= 11 is 0. The molecule has 1 aromatic rings. The van der Waals surface area contributed by atoms with Gasteiger partial charge in [0.2, 0.25) is 5.91 Å². The summed E-state index contributed by atoms with van der Waals surface area (Å²) in [6, 6.07) is 6.64. The molecule has 0 unspecified atom stereocenters. The van der Waals surface area contributed by atoms with Crippen molar-refractivity contribution >= 4 is 11.9 Å². The zero-order valence-corrected chi connectivity index (χ0v) is 17.4. The maximum absolute atomic E-state index is 13.3. The van der Waals surface area contributed by atoms with Crippen LogP contribution >= 0.6 is 0 Å². The van der Waals surface area contributed by atoms with Crippen LogP contribution in [0.25, 0.3) is 0 Å². The lowest BCUT2D eigenvalue weighted by molar-refractivity contribution is -0.192. The predicted molar refractivity (Wildman–Crippen MR) is 104 cm³/mol. The number of ether oxygens (including phenoxy) is 2. The number of fused-ring (bicyclic) bond motifs is 1. The lowest BCUT2D eigenvalue weighted by atomic mass is 9.75. The van der Waals surface area contributed by atoms with Gasteiger partial charge >= 0.3 is 12.1 Å². The number of likely N-dealkylation sites (tertiary alicyclic amines) is 1.